The summed E-state index contributed by atoms with van der Waals surface area (Å²) in [6, 6.07) is 7.95. The summed E-state index contributed by atoms with van der Waals surface area (Å²) in [5, 5.41) is 0.0299. The van der Waals surface area contributed by atoms with Crippen LogP contribution in [0.1, 0.15) is 114 Å². The van der Waals surface area contributed by atoms with Gasteiger partial charge in [0.05, 0.1) is 50.8 Å². The molecule has 3 rings (SSSR count). The highest BCUT2D eigenvalue weighted by Gasteiger charge is 2.67. The van der Waals surface area contributed by atoms with Crippen LogP contribution in [0.15, 0.2) is 24.3 Å². The van der Waals surface area contributed by atoms with Gasteiger partial charge in [-0.25, -0.2) is 0 Å². The minimum Gasteiger partial charge on any atom is -0.497 e. The van der Waals surface area contributed by atoms with E-state index in [1.807, 2.05) is 38.1 Å². The van der Waals surface area contributed by atoms with Gasteiger partial charge in [0.1, 0.15) is 11.9 Å². The van der Waals surface area contributed by atoms with Crippen LogP contribution in [0, 0.1) is 29.6 Å². The fourth-order valence-electron chi connectivity index (χ4n) is 7.91. The first-order valence-corrected chi connectivity index (χ1v) is 27.8. The quantitative estimate of drug-likeness (QED) is 0.0676. The second-order valence-corrected chi connectivity index (χ2v) is 29.8. The Morgan fingerprint density at radius 3 is 2.03 bits per heavy atom. The minimum absolute atomic E-state index is 0.00274. The Morgan fingerprint density at radius 1 is 0.881 bits per heavy atom. The molecule has 10 nitrogen and oxygen atoms in total. The second kappa shape index (κ2) is 21.4. The predicted octanol–water partition coefficient (Wildman–Crippen LogP) is 10.7. The Bertz CT molecular complexity index is 1480. The van der Waals surface area contributed by atoms with E-state index in [1.54, 1.807) is 28.4 Å². The molecule has 2 fully saturated rings. The normalized spacial score (nSPS) is 28.8. The average Bonchev–Trinajstić information content (AvgIpc) is 3.47. The van der Waals surface area contributed by atoms with Crippen LogP contribution in [-0.2, 0) is 48.6 Å². The molecule has 1 spiro atoms. The second-order valence-electron chi connectivity index (χ2n) is 20.3. The minimum atomic E-state index is -2.28. The van der Waals surface area contributed by atoms with Gasteiger partial charge in [-0.1, -0.05) is 74.4 Å². The van der Waals surface area contributed by atoms with E-state index in [0.717, 1.165) is 30.6 Å². The number of unbranched alkanes of at least 4 members (excludes halogenated alkanes) is 1. The summed E-state index contributed by atoms with van der Waals surface area (Å²) in [5.74, 6) is 4.22. The van der Waals surface area contributed by atoms with E-state index >= 15 is 0 Å². The van der Waals surface area contributed by atoms with Crippen LogP contribution in [-0.4, -0.2) is 100 Å². The van der Waals surface area contributed by atoms with E-state index in [1.165, 1.54) is 0 Å². The van der Waals surface area contributed by atoms with Gasteiger partial charge in [0.15, 0.2) is 16.6 Å². The van der Waals surface area contributed by atoms with E-state index in [0.29, 0.717) is 26.1 Å². The van der Waals surface area contributed by atoms with Crippen LogP contribution in [0.2, 0.25) is 36.3 Å². The molecule has 0 aliphatic carbocycles. The average molecular weight is 865 g/mol. The Balaban J connectivity index is 2.08. The van der Waals surface area contributed by atoms with Gasteiger partial charge in [0.2, 0.25) is 5.79 Å². The molecule has 0 N–H and O–H groups in total. The van der Waals surface area contributed by atoms with Gasteiger partial charge in [-0.2, -0.15) is 0 Å². The molecule has 1 aromatic carbocycles. The fraction of sp³-hybridized carbons (Fsp3) is 0.830. The van der Waals surface area contributed by atoms with Gasteiger partial charge >= 0.3 is 0 Å². The number of ether oxygens (including phenoxy) is 8. The molecule has 59 heavy (non-hydrogen) atoms. The van der Waals surface area contributed by atoms with Crippen molar-refractivity contribution >= 4 is 16.6 Å². The molecule has 0 aromatic heterocycles. The molecule has 11 atom stereocenters. The standard InChI is InChI=1S/C47H84O10Si2/c1-20-21-22-23-24-39(55-58(16,17)44(5,6)7)41(50-14)29-33(2)43-47(57-46(11,51-15)54-43)35(4)42(56-59(18,19)45(8,9)10)34(3)40(53-47)30-38(32-48-12)52-31-36-25-27-37(49-13)28-26-36/h25-28,33-35,38-43H,22-24,29-32H2,1-19H3/t33-,34-,35+,38+,39-,40+,41+,42-,43?,46?,47-/m0/s1. The van der Waals surface area contributed by atoms with Crippen LogP contribution in [0.3, 0.4) is 0 Å². The third-order valence-corrected chi connectivity index (χ3v) is 22.8. The highest BCUT2D eigenvalue weighted by molar-refractivity contribution is 6.74. The van der Waals surface area contributed by atoms with Crippen molar-refractivity contribution in [2.24, 2.45) is 17.8 Å². The van der Waals surface area contributed by atoms with Crippen LogP contribution >= 0.6 is 0 Å². The van der Waals surface area contributed by atoms with Crippen molar-refractivity contribution in [3.05, 3.63) is 29.8 Å². The first-order chi connectivity index (χ1) is 27.3. The van der Waals surface area contributed by atoms with E-state index in [2.05, 4.69) is 100 Å². The van der Waals surface area contributed by atoms with Gasteiger partial charge in [-0.05, 0) is 86.1 Å². The number of hydrogen-bond acceptors (Lipinski definition) is 10. The third kappa shape index (κ3) is 13.1. The van der Waals surface area contributed by atoms with Crippen molar-refractivity contribution in [3.63, 3.8) is 0 Å². The number of benzene rings is 1. The van der Waals surface area contributed by atoms with Gasteiger partial charge in [0, 0.05) is 52.9 Å². The maximum Gasteiger partial charge on any atom is 0.282 e. The van der Waals surface area contributed by atoms with Crippen molar-refractivity contribution in [2.75, 3.05) is 35.0 Å². The zero-order chi connectivity index (χ0) is 44.6. The molecule has 2 saturated heterocycles. The van der Waals surface area contributed by atoms with Gasteiger partial charge in [-0.3, -0.25) is 4.74 Å². The molecule has 1 aromatic rings. The molecule has 2 aliphatic rings. The van der Waals surface area contributed by atoms with Crippen LogP contribution in [0.25, 0.3) is 0 Å². The van der Waals surface area contributed by atoms with Crippen molar-refractivity contribution in [1.82, 2.24) is 0 Å². The van der Waals surface area contributed by atoms with Crippen LogP contribution < -0.4 is 4.74 Å². The van der Waals surface area contributed by atoms with E-state index < -0.39 is 34.5 Å². The van der Waals surface area contributed by atoms with Crippen molar-refractivity contribution in [3.8, 4) is 17.6 Å². The summed E-state index contributed by atoms with van der Waals surface area (Å²) in [4.78, 5) is 0. The maximum atomic E-state index is 7.45. The molecule has 12 heteroatoms. The summed E-state index contributed by atoms with van der Waals surface area (Å²) in [6.45, 7) is 34.2. The molecule has 0 radical (unpaired) electrons. The molecule has 2 unspecified atom stereocenters. The third-order valence-electron chi connectivity index (χ3n) is 13.8. The molecule has 0 amide bonds. The zero-order valence-electron chi connectivity index (χ0n) is 40.5. The molecule has 2 heterocycles. The number of methoxy groups -OCH3 is 4. The molecule has 2 aliphatic heterocycles. The summed E-state index contributed by atoms with van der Waals surface area (Å²) in [6.07, 6.45) is 2.20. The molecular weight excluding hydrogens is 781 g/mol. The highest BCUT2D eigenvalue weighted by atomic mass is 28.4. The monoisotopic (exact) mass is 865 g/mol. The van der Waals surface area contributed by atoms with Gasteiger partial charge < -0.3 is 42.0 Å². The Kier molecular flexibility index (Phi) is 18.8. The van der Waals surface area contributed by atoms with Gasteiger partial charge in [-0.15, -0.1) is 11.8 Å². The van der Waals surface area contributed by atoms with E-state index in [-0.39, 0.29) is 58.4 Å². The van der Waals surface area contributed by atoms with Crippen LogP contribution in [0.4, 0.5) is 0 Å². The number of rotatable bonds is 21. The molecule has 0 bridgehead atoms. The Hall–Kier alpha value is -1.35. The summed E-state index contributed by atoms with van der Waals surface area (Å²) in [5.41, 5.74) is 1.05. The largest absolute Gasteiger partial charge is 0.497 e. The SMILES string of the molecule is CC#CCCC[C@H](O[Si](C)(C)C(C)(C)C)[C@@H](C[C@H](C)C1OC(C)(OC)O[C@]12O[C@H](C[C@H](COC)OCc1ccc(OC)cc1)[C@H](C)[C@H](O[Si](C)(C)C(C)(C)C)[C@H]2C)OC. The first-order valence-electron chi connectivity index (χ1n) is 22.0. The lowest BCUT2D eigenvalue weighted by Crippen LogP contribution is -2.65. The lowest BCUT2D eigenvalue weighted by Gasteiger charge is -2.55. The first kappa shape index (κ1) is 52.0. The predicted molar refractivity (Wildman–Crippen MR) is 241 cm³/mol. The lowest BCUT2D eigenvalue weighted by atomic mass is 9.74. The summed E-state index contributed by atoms with van der Waals surface area (Å²) >= 11 is 0. The molecular formula is C47H84O10Si2. The molecule has 340 valence electrons. The topological polar surface area (TPSA) is 92.3 Å². The van der Waals surface area contributed by atoms with E-state index in [4.69, 9.17) is 46.7 Å². The van der Waals surface area contributed by atoms with Crippen molar-refractivity contribution in [1.29, 1.82) is 0 Å². The molecule has 0 saturated carbocycles. The Morgan fingerprint density at radius 2 is 1.51 bits per heavy atom. The smallest absolute Gasteiger partial charge is 0.282 e. The van der Waals surface area contributed by atoms with Crippen molar-refractivity contribution in [2.45, 2.75) is 200 Å². The van der Waals surface area contributed by atoms with Crippen molar-refractivity contribution < 1.29 is 46.7 Å². The van der Waals surface area contributed by atoms with Crippen LogP contribution in [0.5, 0.6) is 5.75 Å². The van der Waals surface area contributed by atoms with E-state index in [9.17, 15) is 0 Å². The number of hydrogen-bond donors (Lipinski definition) is 0. The lowest BCUT2D eigenvalue weighted by molar-refractivity contribution is -0.389. The summed E-state index contributed by atoms with van der Waals surface area (Å²) in [7, 11) is 2.37. The summed E-state index contributed by atoms with van der Waals surface area (Å²) < 4.78 is 66.2. The zero-order valence-corrected chi connectivity index (χ0v) is 42.5. The van der Waals surface area contributed by atoms with Gasteiger partial charge in [0.25, 0.3) is 5.97 Å². The Labute approximate surface area is 362 Å². The fourth-order valence-corrected chi connectivity index (χ4v) is 10.7. The maximum absolute atomic E-state index is 7.45. The highest BCUT2D eigenvalue weighted by Crippen LogP contribution is 2.54.